The van der Waals surface area contributed by atoms with Gasteiger partial charge in [-0.2, -0.15) is 17.0 Å². The lowest BCUT2D eigenvalue weighted by atomic mass is 9.97. The fourth-order valence-electron chi connectivity index (χ4n) is 3.44. The molecule has 3 rings (SSSR count). The largest absolute Gasteiger partial charge is 0.376 e. The van der Waals surface area contributed by atoms with E-state index in [1.807, 2.05) is 13.8 Å². The van der Waals surface area contributed by atoms with E-state index >= 15 is 0 Å². The van der Waals surface area contributed by atoms with Gasteiger partial charge in [0.05, 0.1) is 12.7 Å². The summed E-state index contributed by atoms with van der Waals surface area (Å²) in [5.41, 5.74) is 0.992. The molecule has 2 heterocycles. The second-order valence-corrected chi connectivity index (χ2v) is 8.33. The van der Waals surface area contributed by atoms with E-state index < -0.39 is 10.2 Å². The maximum Gasteiger partial charge on any atom is 0.282 e. The van der Waals surface area contributed by atoms with Gasteiger partial charge in [0.15, 0.2) is 0 Å². The van der Waals surface area contributed by atoms with Gasteiger partial charge in [-0.05, 0) is 43.9 Å². The smallest absolute Gasteiger partial charge is 0.282 e. The summed E-state index contributed by atoms with van der Waals surface area (Å²) in [5, 5.41) is 0. The van der Waals surface area contributed by atoms with Crippen LogP contribution in [0.3, 0.4) is 0 Å². The topological polar surface area (TPSA) is 49.9 Å². The Labute approximate surface area is 137 Å². The molecule has 3 atom stereocenters. The summed E-state index contributed by atoms with van der Waals surface area (Å²) in [4.78, 5) is 0. The third kappa shape index (κ3) is 3.42. The van der Waals surface area contributed by atoms with Gasteiger partial charge in [-0.25, -0.2) is 4.39 Å². The molecule has 7 heteroatoms. The van der Waals surface area contributed by atoms with E-state index in [-0.39, 0.29) is 23.9 Å². The zero-order valence-corrected chi connectivity index (χ0v) is 14.3. The Hall–Kier alpha value is -1.02. The van der Waals surface area contributed by atoms with Crippen LogP contribution in [0.5, 0.6) is 0 Å². The Kier molecular flexibility index (Phi) is 4.73. The van der Waals surface area contributed by atoms with Gasteiger partial charge < -0.3 is 4.74 Å². The minimum atomic E-state index is -3.48. The Morgan fingerprint density at radius 3 is 2.52 bits per heavy atom. The van der Waals surface area contributed by atoms with Crippen molar-refractivity contribution in [2.45, 2.75) is 38.3 Å². The van der Waals surface area contributed by atoms with Crippen molar-refractivity contribution >= 4 is 10.2 Å². The van der Waals surface area contributed by atoms with E-state index in [1.54, 1.807) is 16.4 Å². The van der Waals surface area contributed by atoms with Crippen molar-refractivity contribution in [3.8, 4) is 0 Å². The van der Waals surface area contributed by atoms with Crippen LogP contribution in [-0.4, -0.2) is 55.4 Å². The summed E-state index contributed by atoms with van der Waals surface area (Å²) in [6, 6.07) is 6.30. The molecular weight excluding hydrogens is 319 g/mol. The lowest BCUT2D eigenvalue weighted by Crippen LogP contribution is -2.51. The number of morpholine rings is 1. The average molecular weight is 342 g/mol. The van der Waals surface area contributed by atoms with Crippen molar-refractivity contribution in [2.24, 2.45) is 0 Å². The first-order chi connectivity index (χ1) is 10.9. The maximum atomic E-state index is 13.1. The Morgan fingerprint density at radius 2 is 1.87 bits per heavy atom. The lowest BCUT2D eigenvalue weighted by molar-refractivity contribution is 0.00818. The molecule has 1 aromatic rings. The SMILES string of the molecule is C[C@@H]1CN(S(=O)(=O)N2C[C@H](c3ccc(F)cc3)C[C@@H]2C)CCO1. The van der Waals surface area contributed by atoms with Crippen LogP contribution in [0.15, 0.2) is 24.3 Å². The van der Waals surface area contributed by atoms with E-state index in [0.29, 0.717) is 26.2 Å². The zero-order chi connectivity index (χ0) is 16.6. The third-order valence-electron chi connectivity index (χ3n) is 4.69. The van der Waals surface area contributed by atoms with Gasteiger partial charge in [-0.1, -0.05) is 12.1 Å². The van der Waals surface area contributed by atoms with E-state index in [9.17, 15) is 12.8 Å². The number of rotatable bonds is 3. The van der Waals surface area contributed by atoms with Gasteiger partial charge in [0.2, 0.25) is 0 Å². The first-order valence-electron chi connectivity index (χ1n) is 8.02. The summed E-state index contributed by atoms with van der Waals surface area (Å²) in [6.45, 7) is 5.50. The standard InChI is InChI=1S/C16H23FN2O3S/c1-12-9-15(14-3-5-16(17)6-4-14)11-19(12)23(20,21)18-7-8-22-13(2)10-18/h3-6,12-13,15H,7-11H2,1-2H3/t12-,13+,15+/m0/s1. The number of nitrogens with zero attached hydrogens (tertiary/aromatic N) is 2. The molecule has 2 fully saturated rings. The Balaban J connectivity index is 1.76. The molecule has 0 radical (unpaired) electrons. The molecule has 0 spiro atoms. The molecule has 5 nitrogen and oxygen atoms in total. The van der Waals surface area contributed by atoms with Gasteiger partial charge >= 0.3 is 0 Å². The number of benzene rings is 1. The molecule has 0 N–H and O–H groups in total. The number of hydrogen-bond donors (Lipinski definition) is 0. The number of halogens is 1. The second kappa shape index (κ2) is 6.47. The van der Waals surface area contributed by atoms with Crippen LogP contribution in [0, 0.1) is 5.82 Å². The minimum absolute atomic E-state index is 0.0618. The molecule has 0 bridgehead atoms. The van der Waals surface area contributed by atoms with Crippen LogP contribution >= 0.6 is 0 Å². The monoisotopic (exact) mass is 342 g/mol. The Bertz CT molecular complexity index is 650. The summed E-state index contributed by atoms with van der Waals surface area (Å²) >= 11 is 0. The predicted molar refractivity (Wildman–Crippen MR) is 85.8 cm³/mol. The van der Waals surface area contributed by atoms with Crippen LogP contribution in [0.4, 0.5) is 4.39 Å². The van der Waals surface area contributed by atoms with Crippen molar-refractivity contribution in [1.82, 2.24) is 8.61 Å². The summed E-state index contributed by atoms with van der Waals surface area (Å²) in [5.74, 6) is -0.162. The van der Waals surface area contributed by atoms with E-state index in [2.05, 4.69) is 0 Å². The fraction of sp³-hybridized carbons (Fsp3) is 0.625. The van der Waals surface area contributed by atoms with Crippen molar-refractivity contribution in [3.63, 3.8) is 0 Å². The van der Waals surface area contributed by atoms with Gasteiger partial charge in [-0.15, -0.1) is 0 Å². The highest BCUT2D eigenvalue weighted by molar-refractivity contribution is 7.86. The second-order valence-electron chi connectivity index (χ2n) is 6.45. The van der Waals surface area contributed by atoms with E-state index in [4.69, 9.17) is 4.74 Å². The Morgan fingerprint density at radius 1 is 1.17 bits per heavy atom. The average Bonchev–Trinajstić information content (AvgIpc) is 2.91. The van der Waals surface area contributed by atoms with Gasteiger partial charge in [0.1, 0.15) is 5.82 Å². The molecule has 2 aliphatic rings. The molecular formula is C16H23FN2O3S. The molecule has 0 unspecified atom stereocenters. The van der Waals surface area contributed by atoms with Crippen LogP contribution in [0.2, 0.25) is 0 Å². The number of ether oxygens (including phenoxy) is 1. The molecule has 23 heavy (non-hydrogen) atoms. The van der Waals surface area contributed by atoms with Gasteiger partial charge in [0.25, 0.3) is 10.2 Å². The lowest BCUT2D eigenvalue weighted by Gasteiger charge is -2.34. The molecule has 2 saturated heterocycles. The minimum Gasteiger partial charge on any atom is -0.376 e. The predicted octanol–water partition coefficient (Wildman–Crippen LogP) is 1.97. The van der Waals surface area contributed by atoms with Crippen LogP contribution in [-0.2, 0) is 14.9 Å². The molecule has 2 aliphatic heterocycles. The highest BCUT2D eigenvalue weighted by Crippen LogP contribution is 2.34. The first kappa shape index (κ1) is 16.8. The first-order valence-corrected chi connectivity index (χ1v) is 9.41. The highest BCUT2D eigenvalue weighted by Gasteiger charge is 2.41. The molecule has 0 aromatic heterocycles. The van der Waals surface area contributed by atoms with Crippen LogP contribution in [0.1, 0.15) is 31.7 Å². The summed E-state index contributed by atoms with van der Waals surface area (Å²) in [6.07, 6.45) is 0.675. The summed E-state index contributed by atoms with van der Waals surface area (Å²) in [7, 11) is -3.48. The third-order valence-corrected chi connectivity index (χ3v) is 6.77. The van der Waals surface area contributed by atoms with Crippen LogP contribution in [0.25, 0.3) is 0 Å². The van der Waals surface area contributed by atoms with Crippen molar-refractivity contribution in [1.29, 1.82) is 0 Å². The van der Waals surface area contributed by atoms with Crippen LogP contribution < -0.4 is 0 Å². The van der Waals surface area contributed by atoms with E-state index in [1.165, 1.54) is 16.4 Å². The van der Waals surface area contributed by atoms with E-state index in [0.717, 1.165) is 12.0 Å². The zero-order valence-electron chi connectivity index (χ0n) is 13.5. The molecule has 0 aliphatic carbocycles. The van der Waals surface area contributed by atoms with Crippen molar-refractivity contribution in [2.75, 3.05) is 26.2 Å². The highest BCUT2D eigenvalue weighted by atomic mass is 32.2. The fourth-order valence-corrected chi connectivity index (χ4v) is 5.35. The molecule has 128 valence electrons. The van der Waals surface area contributed by atoms with Gasteiger partial charge in [0, 0.05) is 25.7 Å². The quantitative estimate of drug-likeness (QED) is 0.844. The van der Waals surface area contributed by atoms with Gasteiger partial charge in [-0.3, -0.25) is 0 Å². The maximum absolute atomic E-state index is 13.1. The van der Waals surface area contributed by atoms with Crippen molar-refractivity contribution in [3.05, 3.63) is 35.6 Å². The normalized spacial score (nSPS) is 30.7. The molecule has 0 amide bonds. The molecule has 0 saturated carbocycles. The molecule has 1 aromatic carbocycles. The summed E-state index contributed by atoms with van der Waals surface area (Å²) < 4.78 is 47.4. The number of hydrogen-bond acceptors (Lipinski definition) is 3. The van der Waals surface area contributed by atoms with Crippen molar-refractivity contribution < 1.29 is 17.5 Å².